The summed E-state index contributed by atoms with van der Waals surface area (Å²) in [7, 11) is 0. The maximum absolute atomic E-state index is 16.7. The maximum Gasteiger partial charge on any atom is 0.319 e. The van der Waals surface area contributed by atoms with Crippen LogP contribution in [-0.4, -0.2) is 84.6 Å². The highest BCUT2D eigenvalue weighted by Crippen LogP contribution is 2.43. The van der Waals surface area contributed by atoms with E-state index in [9.17, 15) is 5.11 Å². The molecular formula is C34H37ClFN5O3. The van der Waals surface area contributed by atoms with Gasteiger partial charge in [0, 0.05) is 48.1 Å². The number of halogens is 2. The van der Waals surface area contributed by atoms with Gasteiger partial charge < -0.3 is 29.7 Å². The first-order valence-corrected chi connectivity index (χ1v) is 16.2. The number of piperidine rings is 1. The van der Waals surface area contributed by atoms with E-state index in [1.165, 1.54) is 12.8 Å². The number of piperazine rings is 1. The first kappa shape index (κ1) is 28.2. The number of ether oxygens (including phenoxy) is 2. The van der Waals surface area contributed by atoms with E-state index in [4.69, 9.17) is 26.1 Å². The molecule has 2 N–H and O–H groups in total. The van der Waals surface area contributed by atoms with E-state index < -0.39 is 5.82 Å². The van der Waals surface area contributed by atoms with Gasteiger partial charge in [-0.2, -0.15) is 9.97 Å². The largest absolute Gasteiger partial charge is 0.508 e. The maximum atomic E-state index is 16.7. The predicted octanol–water partition coefficient (Wildman–Crippen LogP) is 5.77. The Morgan fingerprint density at radius 2 is 1.82 bits per heavy atom. The molecule has 0 saturated carbocycles. The second-order valence-corrected chi connectivity index (χ2v) is 13.5. The van der Waals surface area contributed by atoms with Crippen LogP contribution >= 0.6 is 11.6 Å². The summed E-state index contributed by atoms with van der Waals surface area (Å²) in [5, 5.41) is 16.6. The highest BCUT2D eigenvalue weighted by atomic mass is 35.5. The molecule has 1 spiro atoms. The van der Waals surface area contributed by atoms with Crippen LogP contribution in [0.2, 0.25) is 5.02 Å². The first-order valence-electron chi connectivity index (χ1n) is 15.8. The predicted molar refractivity (Wildman–Crippen MR) is 170 cm³/mol. The smallest absolute Gasteiger partial charge is 0.319 e. The minimum atomic E-state index is -0.544. The summed E-state index contributed by atoms with van der Waals surface area (Å²) in [4.78, 5) is 14.2. The fourth-order valence-electron chi connectivity index (χ4n) is 7.57. The minimum Gasteiger partial charge on any atom is -0.508 e. The molecule has 4 fully saturated rings. The Bertz CT molecular complexity index is 1710. The summed E-state index contributed by atoms with van der Waals surface area (Å²) in [6.45, 7) is 6.94. The molecule has 0 aliphatic carbocycles. The Morgan fingerprint density at radius 3 is 2.57 bits per heavy atom. The van der Waals surface area contributed by atoms with E-state index in [0.717, 1.165) is 76.0 Å². The molecule has 4 aromatic rings. The second-order valence-electron chi connectivity index (χ2n) is 13.1. The molecule has 4 aliphatic heterocycles. The zero-order valence-corrected chi connectivity index (χ0v) is 25.5. The Hall–Kier alpha value is -3.24. The van der Waals surface area contributed by atoms with Gasteiger partial charge in [0.05, 0.1) is 24.8 Å². The molecule has 4 aliphatic rings. The molecule has 2 atom stereocenters. The normalized spacial score (nSPS) is 23.0. The average Bonchev–Trinajstić information content (AvgIpc) is 3.35. The van der Waals surface area contributed by atoms with E-state index in [0.29, 0.717) is 40.9 Å². The SMILES string of the molecule is Oc1cc(-c2c(Cl)cc3c(N4CC5CCC(C4)N5)nc(OCCCN4CCC5(CC4)COC5)nc3c2F)c2ccccc2c1. The van der Waals surface area contributed by atoms with Crippen molar-refractivity contribution >= 4 is 39.1 Å². The minimum absolute atomic E-state index is 0.0443. The number of nitrogens with one attached hydrogen (secondary N) is 1. The van der Waals surface area contributed by atoms with Crippen molar-refractivity contribution in [2.24, 2.45) is 5.41 Å². The van der Waals surface area contributed by atoms with Crippen molar-refractivity contribution in [1.82, 2.24) is 20.2 Å². The van der Waals surface area contributed by atoms with E-state index in [2.05, 4.69) is 20.1 Å². The molecule has 1 aromatic heterocycles. The molecular weight excluding hydrogens is 581 g/mol. The van der Waals surface area contributed by atoms with Gasteiger partial charge in [0.1, 0.15) is 17.1 Å². The molecule has 0 radical (unpaired) electrons. The summed E-state index contributed by atoms with van der Waals surface area (Å²) in [5.74, 6) is 0.153. The lowest BCUT2D eigenvalue weighted by atomic mass is 9.77. The molecule has 0 amide bonds. The zero-order valence-electron chi connectivity index (χ0n) is 24.7. The number of likely N-dealkylation sites (tertiary alicyclic amines) is 1. The van der Waals surface area contributed by atoms with Gasteiger partial charge in [0.15, 0.2) is 5.82 Å². The molecule has 8 nitrogen and oxygen atoms in total. The molecule has 5 heterocycles. The van der Waals surface area contributed by atoms with Gasteiger partial charge in [0.2, 0.25) is 0 Å². The monoisotopic (exact) mass is 617 g/mol. The number of rotatable bonds is 7. The highest BCUT2D eigenvalue weighted by molar-refractivity contribution is 6.35. The van der Waals surface area contributed by atoms with Crippen LogP contribution in [0.15, 0.2) is 42.5 Å². The molecule has 230 valence electrons. The molecule has 2 bridgehead atoms. The Labute approximate surface area is 261 Å². The van der Waals surface area contributed by atoms with E-state index in [1.807, 2.05) is 24.3 Å². The van der Waals surface area contributed by atoms with Crippen LogP contribution < -0.4 is 15.0 Å². The Kier molecular flexibility index (Phi) is 7.24. The number of phenolic OH excluding ortho intramolecular Hbond substituents is 1. The lowest BCUT2D eigenvalue weighted by molar-refractivity contribution is -0.139. The number of phenols is 1. The fraction of sp³-hybridized carbons (Fsp3) is 0.471. The van der Waals surface area contributed by atoms with Gasteiger partial charge in [-0.3, -0.25) is 0 Å². The van der Waals surface area contributed by atoms with Crippen LogP contribution in [0.3, 0.4) is 0 Å². The lowest BCUT2D eigenvalue weighted by Crippen LogP contribution is -2.51. The fourth-order valence-corrected chi connectivity index (χ4v) is 7.86. The third-order valence-corrected chi connectivity index (χ3v) is 10.4. The number of aromatic nitrogens is 2. The Morgan fingerprint density at radius 1 is 1.05 bits per heavy atom. The van der Waals surface area contributed by atoms with Gasteiger partial charge in [0.25, 0.3) is 0 Å². The zero-order chi connectivity index (χ0) is 29.8. The van der Waals surface area contributed by atoms with E-state index in [-0.39, 0.29) is 27.9 Å². The van der Waals surface area contributed by atoms with Crippen molar-refractivity contribution in [2.45, 2.75) is 44.2 Å². The van der Waals surface area contributed by atoms with Crippen molar-refractivity contribution in [3.8, 4) is 22.9 Å². The van der Waals surface area contributed by atoms with Crippen molar-refractivity contribution in [1.29, 1.82) is 0 Å². The van der Waals surface area contributed by atoms with Gasteiger partial charge in [-0.25, -0.2) is 4.39 Å². The first-order chi connectivity index (χ1) is 21.4. The summed E-state index contributed by atoms with van der Waals surface area (Å²) < 4.78 is 28.4. The molecule has 44 heavy (non-hydrogen) atoms. The van der Waals surface area contributed by atoms with Crippen molar-refractivity contribution in [3.63, 3.8) is 0 Å². The number of fused-ring (bicyclic) bond motifs is 4. The van der Waals surface area contributed by atoms with Crippen LogP contribution in [0.1, 0.15) is 32.1 Å². The lowest BCUT2D eigenvalue weighted by Gasteiger charge is -2.47. The van der Waals surface area contributed by atoms with Crippen LogP contribution in [0.4, 0.5) is 10.2 Å². The van der Waals surface area contributed by atoms with Gasteiger partial charge >= 0.3 is 6.01 Å². The Balaban J connectivity index is 1.12. The third-order valence-electron chi connectivity index (χ3n) is 10.1. The molecule has 4 saturated heterocycles. The number of anilines is 1. The van der Waals surface area contributed by atoms with Crippen LogP contribution in [-0.2, 0) is 4.74 Å². The average molecular weight is 618 g/mol. The molecule has 10 heteroatoms. The molecule has 2 unspecified atom stereocenters. The van der Waals surface area contributed by atoms with Crippen LogP contribution in [0, 0.1) is 11.2 Å². The van der Waals surface area contributed by atoms with Crippen molar-refractivity contribution in [2.75, 3.05) is 57.4 Å². The highest BCUT2D eigenvalue weighted by Gasteiger charge is 2.41. The third kappa shape index (κ3) is 5.13. The number of nitrogens with zero attached hydrogens (tertiary/aromatic N) is 4. The standard InChI is InChI=1S/C34H37ClFN5O3/c35-28-16-27-31(30(36)29(28)26-15-24(42)14-21-4-1-2-5-25(21)26)38-33(39-32(27)41-17-22-6-7-23(18-41)37-22)44-13-3-10-40-11-8-34(9-12-40)19-43-20-34/h1-2,4-5,14-16,22-23,37,42H,3,6-13,17-20H2. The number of benzene rings is 3. The number of hydrogen-bond donors (Lipinski definition) is 2. The molecule has 8 rings (SSSR count). The summed E-state index contributed by atoms with van der Waals surface area (Å²) in [5.41, 5.74) is 1.32. The quantitative estimate of drug-likeness (QED) is 0.253. The van der Waals surface area contributed by atoms with Crippen LogP contribution in [0.25, 0.3) is 32.8 Å². The number of hydrogen-bond acceptors (Lipinski definition) is 8. The van der Waals surface area contributed by atoms with Gasteiger partial charge in [-0.15, -0.1) is 0 Å². The van der Waals surface area contributed by atoms with Gasteiger partial charge in [-0.1, -0.05) is 35.9 Å². The summed E-state index contributed by atoms with van der Waals surface area (Å²) >= 11 is 6.87. The van der Waals surface area contributed by atoms with E-state index in [1.54, 1.807) is 18.2 Å². The second kappa shape index (κ2) is 11.3. The summed E-state index contributed by atoms with van der Waals surface area (Å²) in [6.07, 6.45) is 5.44. The van der Waals surface area contributed by atoms with Crippen molar-refractivity contribution < 1.29 is 19.0 Å². The van der Waals surface area contributed by atoms with E-state index >= 15 is 4.39 Å². The van der Waals surface area contributed by atoms with Crippen molar-refractivity contribution in [3.05, 3.63) is 53.3 Å². The number of aromatic hydroxyl groups is 1. The molecule has 3 aromatic carbocycles. The van der Waals surface area contributed by atoms with Crippen LogP contribution in [0.5, 0.6) is 11.8 Å². The summed E-state index contributed by atoms with van der Waals surface area (Å²) in [6, 6.07) is 13.5. The topological polar surface area (TPSA) is 83.0 Å². The van der Waals surface area contributed by atoms with Gasteiger partial charge in [-0.05, 0) is 79.7 Å².